The fourth-order valence-electron chi connectivity index (χ4n) is 2.83. The van der Waals surface area contributed by atoms with Gasteiger partial charge in [-0.1, -0.05) is 24.3 Å². The Hall–Kier alpha value is -2.92. The molecule has 0 unspecified atom stereocenters. The molecular weight excluding hydrogens is 517 g/mol. The van der Waals surface area contributed by atoms with Crippen molar-refractivity contribution in [2.75, 3.05) is 7.11 Å². The van der Waals surface area contributed by atoms with E-state index in [1.54, 1.807) is 42.5 Å². The van der Waals surface area contributed by atoms with Crippen molar-refractivity contribution < 1.29 is 34.1 Å². The topological polar surface area (TPSA) is 122 Å². The molecule has 9 heteroatoms. The molecule has 2 atom stereocenters. The first-order valence-electron chi connectivity index (χ1n) is 9.29. The number of halogens is 1. The number of hydrogen-bond donors (Lipinski definition) is 3. The zero-order valence-corrected chi connectivity index (χ0v) is 18.8. The van der Waals surface area contributed by atoms with E-state index in [0.717, 1.165) is 9.65 Å². The van der Waals surface area contributed by atoms with E-state index in [0.29, 0.717) is 18.4 Å². The zero-order chi connectivity index (χ0) is 22.8. The molecule has 0 radical (unpaired) electrons. The average molecular weight is 539 g/mol. The van der Waals surface area contributed by atoms with Gasteiger partial charge in [-0.2, -0.15) is 0 Å². The summed E-state index contributed by atoms with van der Waals surface area (Å²) in [6, 6.07) is 13.0. The van der Waals surface area contributed by atoms with Gasteiger partial charge in [0.1, 0.15) is 5.75 Å². The van der Waals surface area contributed by atoms with E-state index in [4.69, 9.17) is 14.6 Å². The summed E-state index contributed by atoms with van der Waals surface area (Å²) >= 11 is 2.06. The predicted octanol–water partition coefficient (Wildman–Crippen LogP) is 4.04. The highest BCUT2D eigenvalue weighted by Gasteiger charge is 2.30. The number of ether oxygens (including phenoxy) is 2. The number of imide groups is 1. The number of amides is 2. The molecule has 0 saturated heterocycles. The summed E-state index contributed by atoms with van der Waals surface area (Å²) in [6.07, 6.45) is 0.354. The Morgan fingerprint density at radius 1 is 1.16 bits per heavy atom. The van der Waals surface area contributed by atoms with E-state index in [1.807, 2.05) is 0 Å². The van der Waals surface area contributed by atoms with Gasteiger partial charge >= 0.3 is 12.1 Å². The number of alkyl carbamates (subject to hydrolysis) is 1. The van der Waals surface area contributed by atoms with Gasteiger partial charge in [-0.15, -0.1) is 0 Å². The van der Waals surface area contributed by atoms with E-state index < -0.39 is 30.2 Å². The van der Waals surface area contributed by atoms with Crippen LogP contribution in [0.1, 0.15) is 34.9 Å². The van der Waals surface area contributed by atoms with Gasteiger partial charge in [-0.25, -0.2) is 9.59 Å². The molecule has 2 amide bonds. The number of carbonyl (C=O) groups excluding carboxylic acids is 2. The number of hydrogen-bond acceptors (Lipinski definition) is 6. The predicted molar refractivity (Wildman–Crippen MR) is 121 cm³/mol. The van der Waals surface area contributed by atoms with E-state index in [2.05, 4.69) is 27.9 Å². The first kappa shape index (κ1) is 24.4. The van der Waals surface area contributed by atoms with Gasteiger partial charge in [0.05, 0.1) is 6.10 Å². The quantitative estimate of drug-likeness (QED) is 0.325. The third kappa shape index (κ3) is 7.68. The Morgan fingerprint density at radius 3 is 2.52 bits per heavy atom. The van der Waals surface area contributed by atoms with Crippen LogP contribution in [-0.4, -0.2) is 41.4 Å². The largest absolute Gasteiger partial charge is 0.508 e. The number of benzene rings is 2. The zero-order valence-electron chi connectivity index (χ0n) is 16.7. The van der Waals surface area contributed by atoms with Crippen LogP contribution in [0.15, 0.2) is 60.7 Å². The molecule has 0 heterocycles. The normalized spacial score (nSPS) is 12.8. The molecule has 0 aliphatic heterocycles. The molecule has 2 rings (SSSR count). The molecule has 0 fully saturated rings. The van der Waals surface area contributed by atoms with Crippen LogP contribution < -0.4 is 5.32 Å². The number of aliphatic carboxylic acids is 1. The van der Waals surface area contributed by atoms with Crippen molar-refractivity contribution >= 4 is 40.6 Å². The van der Waals surface area contributed by atoms with Crippen LogP contribution in [0.25, 0.3) is 0 Å². The Labute approximate surface area is 193 Å². The summed E-state index contributed by atoms with van der Waals surface area (Å²) < 4.78 is 11.8. The fraction of sp³-hybridized carbons (Fsp3) is 0.227. The van der Waals surface area contributed by atoms with Crippen LogP contribution in [0, 0.1) is 3.57 Å². The lowest BCUT2D eigenvalue weighted by Gasteiger charge is -2.27. The van der Waals surface area contributed by atoms with E-state index in [9.17, 15) is 19.5 Å². The van der Waals surface area contributed by atoms with Crippen LogP contribution >= 0.6 is 22.6 Å². The third-order valence-electron chi connectivity index (χ3n) is 4.30. The van der Waals surface area contributed by atoms with Gasteiger partial charge in [0.2, 0.25) is 0 Å². The van der Waals surface area contributed by atoms with Crippen LogP contribution in [0.4, 0.5) is 4.79 Å². The lowest BCUT2D eigenvalue weighted by molar-refractivity contribution is -0.131. The molecule has 0 aliphatic rings. The minimum Gasteiger partial charge on any atom is -0.508 e. The maximum absolute atomic E-state index is 12.5. The summed E-state index contributed by atoms with van der Waals surface area (Å²) in [5, 5.41) is 21.2. The second kappa shape index (κ2) is 12.1. The van der Waals surface area contributed by atoms with Gasteiger partial charge < -0.3 is 19.7 Å². The number of phenolic OH excluding ortho intramolecular Hbond substituents is 1. The number of allylic oxidation sites excluding steroid dienone is 1. The molecule has 8 nitrogen and oxygen atoms in total. The number of nitrogens with one attached hydrogen (secondary N) is 1. The number of methoxy groups -OCH3 is 1. The lowest BCUT2D eigenvalue weighted by atomic mass is 9.99. The van der Waals surface area contributed by atoms with E-state index in [1.165, 1.54) is 19.3 Å². The number of carbonyl (C=O) groups is 3. The number of carboxylic acid groups (broad SMARTS) is 1. The minimum atomic E-state index is -1.07. The Kier molecular flexibility index (Phi) is 9.47. The van der Waals surface area contributed by atoms with Gasteiger partial charge in [0.25, 0.3) is 5.91 Å². The van der Waals surface area contributed by atoms with Gasteiger partial charge in [-0.05, 0) is 65.8 Å². The summed E-state index contributed by atoms with van der Waals surface area (Å²) in [5.74, 6) is -1.80. The molecule has 2 aromatic carbocycles. The average Bonchev–Trinajstić information content (AvgIpc) is 2.74. The molecule has 2 aromatic rings. The van der Waals surface area contributed by atoms with Crippen LogP contribution in [0.5, 0.6) is 5.75 Å². The fourth-order valence-corrected chi connectivity index (χ4v) is 3.34. The number of aromatic hydroxyl groups is 1. The van der Waals surface area contributed by atoms with Crippen LogP contribution in [-0.2, 0) is 14.3 Å². The third-order valence-corrected chi connectivity index (χ3v) is 4.97. The van der Waals surface area contributed by atoms with Gasteiger partial charge in [0.15, 0.2) is 6.10 Å². The Bertz CT molecular complexity index is 946. The van der Waals surface area contributed by atoms with Gasteiger partial charge in [-0.3, -0.25) is 10.1 Å². The first-order chi connectivity index (χ1) is 14.8. The molecule has 0 bridgehead atoms. The monoisotopic (exact) mass is 539 g/mol. The van der Waals surface area contributed by atoms with Gasteiger partial charge in [0, 0.05) is 27.9 Å². The highest BCUT2D eigenvalue weighted by atomic mass is 127. The maximum Gasteiger partial charge on any atom is 0.414 e. The standard InChI is InChI=1S/C22H22INO7/c1-30-18(9-5-6-10-19(26)27)20(16-13-15(23)11-12-17(16)25)31-22(29)24-21(28)14-7-3-2-4-8-14/h2-4,6-8,10-13,18,20,25H,5,9H2,1H3,(H,26,27)(H,24,28,29)/b10-6+/t18-,20-/m0/s1. The van der Waals surface area contributed by atoms with E-state index in [-0.39, 0.29) is 11.3 Å². The summed E-state index contributed by atoms with van der Waals surface area (Å²) in [4.78, 5) is 35.4. The van der Waals surface area contributed by atoms with Crippen molar-refractivity contribution in [2.45, 2.75) is 25.0 Å². The molecule has 164 valence electrons. The highest BCUT2D eigenvalue weighted by molar-refractivity contribution is 14.1. The van der Waals surface area contributed by atoms with Crippen molar-refractivity contribution in [3.8, 4) is 5.75 Å². The summed E-state index contributed by atoms with van der Waals surface area (Å²) in [7, 11) is 1.42. The molecule has 0 aliphatic carbocycles. The molecule has 0 aromatic heterocycles. The summed E-state index contributed by atoms with van der Waals surface area (Å²) in [5.41, 5.74) is 0.596. The summed E-state index contributed by atoms with van der Waals surface area (Å²) in [6.45, 7) is 0. The van der Waals surface area contributed by atoms with Crippen molar-refractivity contribution in [2.24, 2.45) is 0 Å². The number of rotatable bonds is 9. The van der Waals surface area contributed by atoms with Crippen molar-refractivity contribution in [3.05, 3.63) is 75.4 Å². The second-order valence-corrected chi connectivity index (χ2v) is 7.69. The van der Waals surface area contributed by atoms with Crippen LogP contribution in [0.3, 0.4) is 0 Å². The first-order valence-corrected chi connectivity index (χ1v) is 10.4. The molecule has 31 heavy (non-hydrogen) atoms. The number of carboxylic acids is 1. The SMILES string of the molecule is CO[C@@H](CC/C=C/C(=O)O)[C@@H](OC(=O)NC(=O)c1ccccc1)c1cc(I)ccc1O. The smallest absolute Gasteiger partial charge is 0.414 e. The maximum atomic E-state index is 12.5. The molecule has 3 N–H and O–H groups in total. The second-order valence-electron chi connectivity index (χ2n) is 6.44. The number of phenols is 1. The van der Waals surface area contributed by atoms with Crippen molar-refractivity contribution in [1.29, 1.82) is 0 Å². The van der Waals surface area contributed by atoms with E-state index >= 15 is 0 Å². The highest BCUT2D eigenvalue weighted by Crippen LogP contribution is 2.33. The molecule has 0 saturated carbocycles. The van der Waals surface area contributed by atoms with Crippen molar-refractivity contribution in [3.63, 3.8) is 0 Å². The minimum absolute atomic E-state index is 0.101. The molecule has 0 spiro atoms. The molecular formula is C22H22INO7. The van der Waals surface area contributed by atoms with Crippen molar-refractivity contribution in [1.82, 2.24) is 5.32 Å². The Morgan fingerprint density at radius 2 is 1.87 bits per heavy atom. The van der Waals surface area contributed by atoms with Crippen LogP contribution in [0.2, 0.25) is 0 Å². The lowest BCUT2D eigenvalue weighted by Crippen LogP contribution is -2.35. The Balaban J connectivity index is 2.22.